The summed E-state index contributed by atoms with van der Waals surface area (Å²) in [5.74, 6) is 0.280. The van der Waals surface area contributed by atoms with Crippen LogP contribution in [0.5, 0.6) is 5.75 Å². The SMILES string of the molecule is CCC(C)(Cl)c1ccc(O)cc1. The van der Waals surface area contributed by atoms with Gasteiger partial charge in [-0.05, 0) is 31.0 Å². The van der Waals surface area contributed by atoms with E-state index in [4.69, 9.17) is 16.7 Å². The van der Waals surface area contributed by atoms with Gasteiger partial charge < -0.3 is 5.11 Å². The van der Waals surface area contributed by atoms with Gasteiger partial charge in [0.05, 0.1) is 4.87 Å². The van der Waals surface area contributed by atoms with Crippen LogP contribution in [0, 0.1) is 0 Å². The summed E-state index contributed by atoms with van der Waals surface area (Å²) in [6.45, 7) is 4.01. The molecule has 0 heterocycles. The molecular weight excluding hydrogens is 172 g/mol. The Kier molecular flexibility index (Phi) is 2.63. The van der Waals surface area contributed by atoms with E-state index >= 15 is 0 Å². The highest BCUT2D eigenvalue weighted by Crippen LogP contribution is 2.32. The maximum atomic E-state index is 9.05. The lowest BCUT2D eigenvalue weighted by molar-refractivity contribution is 0.474. The van der Waals surface area contributed by atoms with Gasteiger partial charge in [0, 0.05) is 0 Å². The minimum atomic E-state index is -0.312. The van der Waals surface area contributed by atoms with Crippen molar-refractivity contribution in [3.63, 3.8) is 0 Å². The largest absolute Gasteiger partial charge is 0.508 e. The molecule has 12 heavy (non-hydrogen) atoms. The number of hydrogen-bond acceptors (Lipinski definition) is 1. The van der Waals surface area contributed by atoms with Gasteiger partial charge in [-0.15, -0.1) is 11.6 Å². The third-order valence-electron chi connectivity index (χ3n) is 2.13. The number of phenolic OH excluding ortho intramolecular Hbond substituents is 1. The molecule has 0 aliphatic carbocycles. The molecule has 0 bridgehead atoms. The standard InChI is InChI=1S/C10H13ClO/c1-3-10(2,11)8-4-6-9(12)7-5-8/h4-7,12H,3H2,1-2H3. The molecule has 1 nitrogen and oxygen atoms in total. The minimum Gasteiger partial charge on any atom is -0.508 e. The van der Waals surface area contributed by atoms with E-state index in [0.717, 1.165) is 12.0 Å². The predicted molar refractivity (Wildman–Crippen MR) is 51.6 cm³/mol. The number of alkyl halides is 1. The van der Waals surface area contributed by atoms with E-state index in [9.17, 15) is 0 Å². The smallest absolute Gasteiger partial charge is 0.115 e. The second-order valence-corrected chi connectivity index (χ2v) is 3.93. The van der Waals surface area contributed by atoms with Crippen LogP contribution in [-0.4, -0.2) is 5.11 Å². The molecule has 1 aromatic rings. The highest BCUT2D eigenvalue weighted by molar-refractivity contribution is 6.23. The maximum Gasteiger partial charge on any atom is 0.115 e. The number of phenols is 1. The van der Waals surface area contributed by atoms with Gasteiger partial charge in [0.2, 0.25) is 0 Å². The number of benzene rings is 1. The third-order valence-corrected chi connectivity index (χ3v) is 2.62. The summed E-state index contributed by atoms with van der Waals surface area (Å²) in [6.07, 6.45) is 0.874. The quantitative estimate of drug-likeness (QED) is 0.700. The Morgan fingerprint density at radius 1 is 1.33 bits per heavy atom. The average Bonchev–Trinajstić information content (AvgIpc) is 2.05. The van der Waals surface area contributed by atoms with Crippen molar-refractivity contribution in [3.8, 4) is 5.75 Å². The van der Waals surface area contributed by atoms with Gasteiger partial charge in [0.1, 0.15) is 5.75 Å². The molecule has 0 saturated heterocycles. The molecule has 0 radical (unpaired) electrons. The molecule has 0 aliphatic heterocycles. The summed E-state index contributed by atoms with van der Waals surface area (Å²) in [6, 6.07) is 7.02. The van der Waals surface area contributed by atoms with E-state index in [1.165, 1.54) is 0 Å². The first-order chi connectivity index (χ1) is 5.56. The van der Waals surface area contributed by atoms with Crippen LogP contribution in [0.15, 0.2) is 24.3 Å². The Labute approximate surface area is 78.0 Å². The van der Waals surface area contributed by atoms with Crippen LogP contribution in [0.3, 0.4) is 0 Å². The van der Waals surface area contributed by atoms with Crippen molar-refractivity contribution in [1.29, 1.82) is 0 Å². The van der Waals surface area contributed by atoms with Crippen LogP contribution in [0.25, 0.3) is 0 Å². The molecule has 0 amide bonds. The zero-order chi connectivity index (χ0) is 9.19. The first-order valence-electron chi connectivity index (χ1n) is 4.04. The zero-order valence-electron chi connectivity index (χ0n) is 7.34. The number of halogens is 1. The van der Waals surface area contributed by atoms with Crippen molar-refractivity contribution in [2.24, 2.45) is 0 Å². The summed E-state index contributed by atoms with van der Waals surface area (Å²) in [5, 5.41) is 9.05. The van der Waals surface area contributed by atoms with Crippen LogP contribution < -0.4 is 0 Å². The molecule has 1 N–H and O–H groups in total. The molecular formula is C10H13ClO. The molecule has 1 unspecified atom stereocenters. The third kappa shape index (κ3) is 1.92. The van der Waals surface area contributed by atoms with E-state index in [0.29, 0.717) is 0 Å². The van der Waals surface area contributed by atoms with Gasteiger partial charge in [0.15, 0.2) is 0 Å². The first kappa shape index (κ1) is 9.40. The number of aromatic hydroxyl groups is 1. The second kappa shape index (κ2) is 3.36. The number of hydrogen-bond donors (Lipinski definition) is 1. The van der Waals surface area contributed by atoms with E-state index in [1.54, 1.807) is 12.1 Å². The van der Waals surface area contributed by atoms with Gasteiger partial charge in [-0.25, -0.2) is 0 Å². The lowest BCUT2D eigenvalue weighted by Gasteiger charge is -2.20. The molecule has 1 atom stereocenters. The lowest BCUT2D eigenvalue weighted by atomic mass is 9.98. The van der Waals surface area contributed by atoms with Gasteiger partial charge in [-0.2, -0.15) is 0 Å². The number of rotatable bonds is 2. The van der Waals surface area contributed by atoms with Gasteiger partial charge in [0.25, 0.3) is 0 Å². The monoisotopic (exact) mass is 184 g/mol. The molecule has 1 aromatic carbocycles. The van der Waals surface area contributed by atoms with E-state index in [1.807, 2.05) is 26.0 Å². The van der Waals surface area contributed by atoms with Gasteiger partial charge >= 0.3 is 0 Å². The summed E-state index contributed by atoms with van der Waals surface area (Å²) in [4.78, 5) is -0.312. The molecule has 0 aliphatic rings. The van der Waals surface area contributed by atoms with Crippen LogP contribution in [0.1, 0.15) is 25.8 Å². The molecule has 0 aromatic heterocycles. The fourth-order valence-corrected chi connectivity index (χ4v) is 1.14. The summed E-state index contributed by atoms with van der Waals surface area (Å²) in [7, 11) is 0. The fourth-order valence-electron chi connectivity index (χ4n) is 1.01. The minimum absolute atomic E-state index is 0.280. The second-order valence-electron chi connectivity index (χ2n) is 3.10. The predicted octanol–water partition coefficient (Wildman–Crippen LogP) is 3.26. The Bertz CT molecular complexity index is 251. The maximum absolute atomic E-state index is 9.05. The molecule has 0 fully saturated rings. The summed E-state index contributed by atoms with van der Waals surface area (Å²) in [5.41, 5.74) is 1.05. The Morgan fingerprint density at radius 2 is 1.83 bits per heavy atom. The highest BCUT2D eigenvalue weighted by Gasteiger charge is 2.20. The molecule has 1 rings (SSSR count). The van der Waals surface area contributed by atoms with E-state index in [2.05, 4.69) is 0 Å². The zero-order valence-corrected chi connectivity index (χ0v) is 8.10. The van der Waals surface area contributed by atoms with E-state index in [-0.39, 0.29) is 10.6 Å². The average molecular weight is 185 g/mol. The Morgan fingerprint density at radius 3 is 2.25 bits per heavy atom. The van der Waals surface area contributed by atoms with Gasteiger partial charge in [-0.3, -0.25) is 0 Å². The van der Waals surface area contributed by atoms with Crippen molar-refractivity contribution in [1.82, 2.24) is 0 Å². The van der Waals surface area contributed by atoms with Crippen LogP contribution >= 0.6 is 11.6 Å². The highest BCUT2D eigenvalue weighted by atomic mass is 35.5. The van der Waals surface area contributed by atoms with Crippen molar-refractivity contribution < 1.29 is 5.11 Å². The summed E-state index contributed by atoms with van der Waals surface area (Å²) < 4.78 is 0. The Hall–Kier alpha value is -0.690. The molecule has 2 heteroatoms. The lowest BCUT2D eigenvalue weighted by Crippen LogP contribution is -2.11. The Balaban J connectivity index is 2.96. The normalized spacial score (nSPS) is 15.6. The van der Waals surface area contributed by atoms with Crippen LogP contribution in [0.4, 0.5) is 0 Å². The van der Waals surface area contributed by atoms with Crippen LogP contribution in [0.2, 0.25) is 0 Å². The topological polar surface area (TPSA) is 20.2 Å². The molecule has 0 saturated carbocycles. The fraction of sp³-hybridized carbons (Fsp3) is 0.400. The van der Waals surface area contributed by atoms with Crippen molar-refractivity contribution in [3.05, 3.63) is 29.8 Å². The first-order valence-corrected chi connectivity index (χ1v) is 4.42. The van der Waals surface area contributed by atoms with Gasteiger partial charge in [-0.1, -0.05) is 19.1 Å². The van der Waals surface area contributed by atoms with Crippen molar-refractivity contribution >= 4 is 11.6 Å². The van der Waals surface area contributed by atoms with Crippen molar-refractivity contribution in [2.75, 3.05) is 0 Å². The van der Waals surface area contributed by atoms with Crippen molar-refractivity contribution in [2.45, 2.75) is 25.1 Å². The molecule has 0 spiro atoms. The molecule has 66 valence electrons. The summed E-state index contributed by atoms with van der Waals surface area (Å²) >= 11 is 6.22. The van der Waals surface area contributed by atoms with Crippen LogP contribution in [-0.2, 0) is 4.87 Å². The van der Waals surface area contributed by atoms with E-state index < -0.39 is 0 Å².